The van der Waals surface area contributed by atoms with Crippen LogP contribution in [0.15, 0.2) is 231 Å². The average molecular weight is 895 g/mol. The van der Waals surface area contributed by atoms with Gasteiger partial charge in [0.25, 0.3) is 0 Å². The van der Waals surface area contributed by atoms with Crippen molar-refractivity contribution in [2.45, 2.75) is 0 Å². The molecule has 0 aliphatic rings. The van der Waals surface area contributed by atoms with Crippen molar-refractivity contribution in [2.75, 3.05) is 0 Å². The second-order valence-electron chi connectivity index (χ2n) is 17.5. The van der Waals surface area contributed by atoms with Gasteiger partial charge in [-0.15, -0.1) is 0 Å². The van der Waals surface area contributed by atoms with Crippen molar-refractivity contribution in [2.24, 2.45) is 0 Å². The lowest BCUT2D eigenvalue weighted by atomic mass is 10.00. The maximum absolute atomic E-state index is 5.21. The summed E-state index contributed by atoms with van der Waals surface area (Å²) in [5.41, 5.74) is 9.78. The van der Waals surface area contributed by atoms with Crippen molar-refractivity contribution >= 4 is 65.2 Å². The zero-order valence-corrected chi connectivity index (χ0v) is 37.5. The van der Waals surface area contributed by atoms with Crippen molar-refractivity contribution in [3.05, 3.63) is 231 Å². The first-order valence-electron chi connectivity index (χ1n) is 23.4. The third-order valence-corrected chi connectivity index (χ3v) is 13.4. The van der Waals surface area contributed by atoms with Gasteiger partial charge in [0.05, 0.1) is 22.1 Å². The Balaban J connectivity index is 0.955. The Hall–Kier alpha value is -9.66. The van der Waals surface area contributed by atoms with E-state index in [1.807, 2.05) is 91.0 Å². The van der Waals surface area contributed by atoms with Gasteiger partial charge in [-0.05, 0) is 70.1 Å². The SMILES string of the molecule is c1ccc(-c2nc(-c3ccc(-n4c5ccccc5c5ccc6c(c7ccccc7n6-c6nc(-c7ccccc7)nc(-c7ccccc7)n6)c54)cc3)nc(-c3ccc4ccc5ccccc5c4c3)n2)cc1. The van der Waals surface area contributed by atoms with Gasteiger partial charge < -0.3 is 4.57 Å². The van der Waals surface area contributed by atoms with Crippen LogP contribution < -0.4 is 0 Å². The minimum absolute atomic E-state index is 0.550. The van der Waals surface area contributed by atoms with Gasteiger partial charge in [0.1, 0.15) is 0 Å². The Morgan fingerprint density at radius 2 is 0.700 bits per heavy atom. The zero-order valence-electron chi connectivity index (χ0n) is 37.5. The molecule has 4 heterocycles. The molecule has 0 N–H and O–H groups in total. The summed E-state index contributed by atoms with van der Waals surface area (Å²) in [7, 11) is 0. The zero-order chi connectivity index (χ0) is 46.1. The minimum Gasteiger partial charge on any atom is -0.309 e. The van der Waals surface area contributed by atoms with Crippen LogP contribution in [0.5, 0.6) is 0 Å². The van der Waals surface area contributed by atoms with E-state index in [2.05, 4.69) is 149 Å². The molecular formula is C62H38N8. The molecule has 0 saturated carbocycles. The second kappa shape index (κ2) is 16.0. The van der Waals surface area contributed by atoms with E-state index in [9.17, 15) is 0 Å². The van der Waals surface area contributed by atoms with Crippen LogP contribution in [0.25, 0.3) is 134 Å². The maximum atomic E-state index is 5.21. The molecule has 8 heteroatoms. The molecule has 0 saturated heterocycles. The van der Waals surface area contributed by atoms with Crippen LogP contribution >= 0.6 is 0 Å². The monoisotopic (exact) mass is 894 g/mol. The van der Waals surface area contributed by atoms with Gasteiger partial charge in [-0.2, -0.15) is 9.97 Å². The van der Waals surface area contributed by atoms with Crippen LogP contribution in [0.3, 0.4) is 0 Å². The van der Waals surface area contributed by atoms with Crippen molar-refractivity contribution in [1.82, 2.24) is 39.0 Å². The minimum atomic E-state index is 0.550. The number of hydrogen-bond donors (Lipinski definition) is 0. The van der Waals surface area contributed by atoms with E-state index in [4.69, 9.17) is 29.9 Å². The van der Waals surface area contributed by atoms with Crippen LogP contribution in [0.2, 0.25) is 0 Å². The van der Waals surface area contributed by atoms with Gasteiger partial charge in [0.2, 0.25) is 5.95 Å². The Labute approximate surface area is 401 Å². The molecule has 4 aromatic heterocycles. The van der Waals surface area contributed by atoms with Gasteiger partial charge in [0, 0.05) is 55.0 Å². The second-order valence-corrected chi connectivity index (χ2v) is 17.5. The van der Waals surface area contributed by atoms with Crippen LogP contribution in [0, 0.1) is 0 Å². The molecule has 0 fully saturated rings. The van der Waals surface area contributed by atoms with Gasteiger partial charge in [-0.3, -0.25) is 4.57 Å². The average Bonchev–Trinajstić information content (AvgIpc) is 3.96. The summed E-state index contributed by atoms with van der Waals surface area (Å²) in [5, 5.41) is 9.24. The first-order chi connectivity index (χ1) is 34.7. The van der Waals surface area contributed by atoms with Crippen molar-refractivity contribution in [1.29, 1.82) is 0 Å². The molecule has 14 aromatic rings. The summed E-state index contributed by atoms with van der Waals surface area (Å²) in [6.07, 6.45) is 0. The molecule has 326 valence electrons. The van der Waals surface area contributed by atoms with Crippen molar-refractivity contribution in [3.8, 4) is 68.6 Å². The van der Waals surface area contributed by atoms with E-state index >= 15 is 0 Å². The topological polar surface area (TPSA) is 87.2 Å². The molecule has 0 amide bonds. The molecule has 70 heavy (non-hydrogen) atoms. The predicted octanol–water partition coefficient (Wildman–Crippen LogP) is 14.9. The molecule has 14 rings (SSSR count). The van der Waals surface area contributed by atoms with E-state index in [0.29, 0.717) is 35.1 Å². The first-order valence-corrected chi connectivity index (χ1v) is 23.4. The molecule has 0 aliphatic carbocycles. The highest BCUT2D eigenvalue weighted by atomic mass is 15.2. The maximum Gasteiger partial charge on any atom is 0.238 e. The lowest BCUT2D eigenvalue weighted by molar-refractivity contribution is 0.953. The fraction of sp³-hybridized carbons (Fsp3) is 0. The summed E-state index contributed by atoms with van der Waals surface area (Å²) in [6, 6.07) is 80.0. The molecule has 0 atom stereocenters. The fourth-order valence-electron chi connectivity index (χ4n) is 10.1. The van der Waals surface area contributed by atoms with Crippen LogP contribution in [-0.4, -0.2) is 39.0 Å². The Bertz CT molecular complexity index is 4280. The normalized spacial score (nSPS) is 11.7. The van der Waals surface area contributed by atoms with Crippen LogP contribution in [-0.2, 0) is 0 Å². The smallest absolute Gasteiger partial charge is 0.238 e. The van der Waals surface area contributed by atoms with Crippen molar-refractivity contribution in [3.63, 3.8) is 0 Å². The van der Waals surface area contributed by atoms with Gasteiger partial charge >= 0.3 is 0 Å². The molecule has 0 unspecified atom stereocenters. The number of nitrogens with zero attached hydrogens (tertiary/aromatic N) is 8. The number of benzene rings is 10. The lowest BCUT2D eigenvalue weighted by Gasteiger charge is -2.12. The van der Waals surface area contributed by atoms with E-state index < -0.39 is 0 Å². The number of fused-ring (bicyclic) bond motifs is 10. The summed E-state index contributed by atoms with van der Waals surface area (Å²) >= 11 is 0. The van der Waals surface area contributed by atoms with E-state index in [-0.39, 0.29) is 0 Å². The van der Waals surface area contributed by atoms with Crippen LogP contribution in [0.1, 0.15) is 0 Å². The number of para-hydroxylation sites is 2. The predicted molar refractivity (Wildman–Crippen MR) is 284 cm³/mol. The molecule has 0 spiro atoms. The number of aromatic nitrogens is 8. The highest BCUT2D eigenvalue weighted by Gasteiger charge is 2.23. The molecule has 10 aromatic carbocycles. The van der Waals surface area contributed by atoms with E-state index in [1.54, 1.807) is 0 Å². The van der Waals surface area contributed by atoms with Gasteiger partial charge in [-0.25, -0.2) is 19.9 Å². The molecule has 8 nitrogen and oxygen atoms in total. The molecule has 0 aliphatic heterocycles. The summed E-state index contributed by atoms with van der Waals surface area (Å²) in [6.45, 7) is 0. The highest BCUT2D eigenvalue weighted by Crippen LogP contribution is 2.42. The first kappa shape index (κ1) is 39.5. The number of hydrogen-bond acceptors (Lipinski definition) is 6. The quantitative estimate of drug-likeness (QED) is 0.148. The number of rotatable bonds is 7. The Morgan fingerprint density at radius 3 is 1.31 bits per heavy atom. The summed E-state index contributed by atoms with van der Waals surface area (Å²) in [4.78, 5) is 30.8. The summed E-state index contributed by atoms with van der Waals surface area (Å²) < 4.78 is 4.58. The third kappa shape index (κ3) is 6.46. The van der Waals surface area contributed by atoms with E-state index in [1.165, 1.54) is 16.2 Å². The Kier molecular flexibility index (Phi) is 9.03. The highest BCUT2D eigenvalue weighted by molar-refractivity contribution is 6.26. The lowest BCUT2D eigenvalue weighted by Crippen LogP contribution is -2.06. The summed E-state index contributed by atoms with van der Waals surface area (Å²) in [5.74, 6) is 3.61. The van der Waals surface area contributed by atoms with Gasteiger partial charge in [0.15, 0.2) is 29.1 Å². The molecule has 0 radical (unpaired) electrons. The molecule has 0 bridgehead atoms. The van der Waals surface area contributed by atoms with E-state index in [0.717, 1.165) is 82.5 Å². The van der Waals surface area contributed by atoms with Crippen molar-refractivity contribution < 1.29 is 0 Å². The molecular weight excluding hydrogens is 857 g/mol. The largest absolute Gasteiger partial charge is 0.309 e. The van der Waals surface area contributed by atoms with Gasteiger partial charge in [-0.1, -0.05) is 182 Å². The standard InChI is InChI=1S/C62H38N8/c1-4-17-41(18-5-1)57-63-58(65-61(64-57)45-31-30-40-29-28-39-16-10-11-23-47(39)51(40)38-45)44-32-34-46(35-33-44)69-52-26-14-12-24-48(52)49-36-37-54-55(56(49)69)50-25-13-15-27-53(50)70(54)62-67-59(42-19-6-2-7-20-42)66-60(68-62)43-21-8-3-9-22-43/h1-38H. The fourth-order valence-corrected chi connectivity index (χ4v) is 10.1. The third-order valence-electron chi connectivity index (χ3n) is 13.4. The Morgan fingerprint density at radius 1 is 0.257 bits per heavy atom. The van der Waals surface area contributed by atoms with Crippen LogP contribution in [0.4, 0.5) is 0 Å².